The lowest BCUT2D eigenvalue weighted by molar-refractivity contribution is -0.144. The second-order valence-electron chi connectivity index (χ2n) is 5.36. The first-order chi connectivity index (χ1) is 10.7. The van der Waals surface area contributed by atoms with Crippen molar-refractivity contribution in [2.75, 3.05) is 6.61 Å². The third-order valence-electron chi connectivity index (χ3n) is 3.46. The van der Waals surface area contributed by atoms with Crippen LogP contribution in [-0.4, -0.2) is 40.4 Å². The zero-order valence-corrected chi connectivity index (χ0v) is 15.3. The molecular formula is C14H21BCl3NO5. The second-order valence-corrected chi connectivity index (χ2v) is 6.20. The molecule has 24 heavy (non-hydrogen) atoms. The van der Waals surface area contributed by atoms with Gasteiger partial charge in [0, 0.05) is 11.4 Å². The van der Waals surface area contributed by atoms with Crippen LogP contribution in [0.4, 0.5) is 0 Å². The molecule has 0 aliphatic heterocycles. The number of halogens is 3. The molecule has 0 heterocycles. The number of aliphatic carboxylic acids is 1. The molecule has 1 aromatic rings. The number of benzene rings is 1. The summed E-state index contributed by atoms with van der Waals surface area (Å²) >= 11 is 11.8. The molecule has 1 aromatic carbocycles. The largest absolute Gasteiger partial charge is 0.492 e. The summed E-state index contributed by atoms with van der Waals surface area (Å²) in [5.74, 6) is -0.708. The van der Waals surface area contributed by atoms with Gasteiger partial charge in [-0.05, 0) is 30.9 Å². The van der Waals surface area contributed by atoms with Crippen LogP contribution in [0.15, 0.2) is 18.2 Å². The maximum atomic E-state index is 11.4. The highest BCUT2D eigenvalue weighted by atomic mass is 35.5. The molecule has 0 aliphatic rings. The van der Waals surface area contributed by atoms with Crippen molar-refractivity contribution in [2.24, 2.45) is 5.73 Å². The fraction of sp³-hybridized carbons (Fsp3) is 0.500. The van der Waals surface area contributed by atoms with Crippen molar-refractivity contribution in [1.29, 1.82) is 0 Å². The monoisotopic (exact) mass is 399 g/mol. The normalized spacial score (nSPS) is 12.9. The molecule has 0 amide bonds. The van der Waals surface area contributed by atoms with Crippen LogP contribution >= 0.6 is 35.6 Å². The van der Waals surface area contributed by atoms with Crippen LogP contribution in [-0.2, 0) is 4.79 Å². The number of nitrogens with two attached hydrogens (primary N) is 1. The summed E-state index contributed by atoms with van der Waals surface area (Å²) in [6.45, 7) is 0.0901. The minimum absolute atomic E-state index is 0. The molecule has 0 saturated carbocycles. The standard InChI is InChI=1S/C14H20BCl2NO5.ClH/c16-10-3-4-12(11(17)9-10)23-8-6-14(18,13(19)20)5-1-2-7-15(21)22;/h3-4,9,21-22H,1-2,5-8,18H2,(H,19,20);1H. The van der Waals surface area contributed by atoms with Gasteiger partial charge >= 0.3 is 13.1 Å². The Labute approximate surface area is 157 Å². The first-order valence-electron chi connectivity index (χ1n) is 7.21. The SMILES string of the molecule is Cl.NC(CCCCB(O)O)(CCOc1ccc(Cl)cc1Cl)C(=O)O. The highest BCUT2D eigenvalue weighted by molar-refractivity contribution is 6.40. The van der Waals surface area contributed by atoms with E-state index in [0.717, 1.165) is 0 Å². The van der Waals surface area contributed by atoms with Crippen LogP contribution in [0.5, 0.6) is 5.75 Å². The van der Waals surface area contributed by atoms with Crippen molar-refractivity contribution >= 4 is 48.7 Å². The van der Waals surface area contributed by atoms with Crippen LogP contribution in [0.1, 0.15) is 25.7 Å². The average molecular weight is 400 g/mol. The molecule has 1 atom stereocenters. The maximum Gasteiger partial charge on any atom is 0.451 e. The van der Waals surface area contributed by atoms with Gasteiger partial charge in [-0.2, -0.15) is 0 Å². The van der Waals surface area contributed by atoms with E-state index in [1.807, 2.05) is 0 Å². The van der Waals surface area contributed by atoms with Gasteiger partial charge in [0.1, 0.15) is 11.3 Å². The summed E-state index contributed by atoms with van der Waals surface area (Å²) < 4.78 is 5.47. The maximum absolute atomic E-state index is 11.4. The lowest BCUT2D eigenvalue weighted by Gasteiger charge is -2.24. The van der Waals surface area contributed by atoms with Crippen molar-refractivity contribution in [3.63, 3.8) is 0 Å². The zero-order chi connectivity index (χ0) is 17.5. The van der Waals surface area contributed by atoms with Crippen molar-refractivity contribution < 1.29 is 24.7 Å². The minimum Gasteiger partial charge on any atom is -0.492 e. The quantitative estimate of drug-likeness (QED) is 0.355. The molecule has 0 spiro atoms. The van der Waals surface area contributed by atoms with Crippen LogP contribution in [0.2, 0.25) is 16.4 Å². The van der Waals surface area contributed by atoms with Gasteiger partial charge in [0.05, 0.1) is 11.6 Å². The van der Waals surface area contributed by atoms with Crippen LogP contribution < -0.4 is 10.5 Å². The summed E-state index contributed by atoms with van der Waals surface area (Å²) in [7, 11) is -1.39. The Morgan fingerprint density at radius 2 is 1.92 bits per heavy atom. The van der Waals surface area contributed by atoms with Gasteiger partial charge in [-0.3, -0.25) is 4.79 Å². The number of ether oxygens (including phenoxy) is 1. The van der Waals surface area contributed by atoms with Crippen LogP contribution in [0.25, 0.3) is 0 Å². The van der Waals surface area contributed by atoms with Gasteiger partial charge in [0.25, 0.3) is 0 Å². The predicted octanol–water partition coefficient (Wildman–Crippen LogP) is 2.61. The molecule has 5 N–H and O–H groups in total. The topological polar surface area (TPSA) is 113 Å². The number of carbonyl (C=O) groups is 1. The van der Waals surface area contributed by atoms with Crippen LogP contribution in [0, 0.1) is 0 Å². The zero-order valence-electron chi connectivity index (χ0n) is 13.0. The number of carboxylic acid groups (broad SMARTS) is 1. The molecule has 0 radical (unpaired) electrons. The first-order valence-corrected chi connectivity index (χ1v) is 7.96. The second kappa shape index (κ2) is 11.0. The fourth-order valence-electron chi connectivity index (χ4n) is 2.04. The van der Waals surface area contributed by atoms with E-state index in [1.54, 1.807) is 12.1 Å². The van der Waals surface area contributed by atoms with Gasteiger partial charge < -0.3 is 25.6 Å². The molecule has 136 valence electrons. The number of carboxylic acids is 1. The molecular weight excluding hydrogens is 379 g/mol. The summed E-state index contributed by atoms with van der Waals surface area (Å²) in [5.41, 5.74) is 4.49. The summed E-state index contributed by atoms with van der Waals surface area (Å²) in [6, 6.07) is 4.76. The Morgan fingerprint density at radius 3 is 2.46 bits per heavy atom. The van der Waals surface area contributed by atoms with Crippen LogP contribution in [0.3, 0.4) is 0 Å². The van der Waals surface area contributed by atoms with E-state index in [1.165, 1.54) is 6.07 Å². The fourth-order valence-corrected chi connectivity index (χ4v) is 2.50. The number of rotatable bonds is 10. The van der Waals surface area contributed by atoms with Gasteiger partial charge in [0.2, 0.25) is 0 Å². The predicted molar refractivity (Wildman–Crippen MR) is 97.2 cm³/mol. The number of hydrogen-bond acceptors (Lipinski definition) is 5. The first kappa shape index (κ1) is 23.3. The van der Waals surface area contributed by atoms with Crippen molar-refractivity contribution in [3.8, 4) is 5.75 Å². The minimum atomic E-state index is -1.43. The van der Waals surface area contributed by atoms with Crippen molar-refractivity contribution in [3.05, 3.63) is 28.2 Å². The lowest BCUT2D eigenvalue weighted by atomic mass is 9.81. The van der Waals surface area contributed by atoms with E-state index >= 15 is 0 Å². The molecule has 1 rings (SSSR count). The molecule has 10 heteroatoms. The molecule has 0 bridgehead atoms. The van der Waals surface area contributed by atoms with Gasteiger partial charge in [-0.25, -0.2) is 0 Å². The van der Waals surface area contributed by atoms with E-state index in [2.05, 4.69) is 0 Å². The van der Waals surface area contributed by atoms with E-state index in [9.17, 15) is 9.90 Å². The highest BCUT2D eigenvalue weighted by Gasteiger charge is 2.33. The Bertz CT molecular complexity index is 535. The highest BCUT2D eigenvalue weighted by Crippen LogP contribution is 2.28. The smallest absolute Gasteiger partial charge is 0.451 e. The molecule has 6 nitrogen and oxygen atoms in total. The van der Waals surface area contributed by atoms with Gasteiger partial charge in [0.15, 0.2) is 0 Å². The number of hydrogen-bond donors (Lipinski definition) is 4. The molecule has 1 unspecified atom stereocenters. The van der Waals surface area contributed by atoms with E-state index in [4.69, 9.17) is 43.7 Å². The Morgan fingerprint density at radius 1 is 1.25 bits per heavy atom. The summed E-state index contributed by atoms with van der Waals surface area (Å²) in [5, 5.41) is 27.7. The van der Waals surface area contributed by atoms with Crippen molar-refractivity contribution in [2.45, 2.75) is 37.5 Å². The van der Waals surface area contributed by atoms with Gasteiger partial charge in [-0.1, -0.05) is 36.0 Å². The summed E-state index contributed by atoms with van der Waals surface area (Å²) in [6.07, 6.45) is 1.46. The third kappa shape index (κ3) is 7.92. The summed E-state index contributed by atoms with van der Waals surface area (Å²) in [4.78, 5) is 11.4. The molecule has 0 aliphatic carbocycles. The van der Waals surface area contributed by atoms with E-state index in [0.29, 0.717) is 28.6 Å². The van der Waals surface area contributed by atoms with E-state index < -0.39 is 18.6 Å². The third-order valence-corrected chi connectivity index (χ3v) is 3.99. The molecule has 0 saturated heterocycles. The Kier molecular flexibility index (Phi) is 10.7. The molecule has 0 aromatic heterocycles. The Hall–Kier alpha value is -0.695. The lowest BCUT2D eigenvalue weighted by Crippen LogP contribution is -2.49. The number of unbranched alkanes of at least 4 members (excludes halogenated alkanes) is 1. The average Bonchev–Trinajstić information content (AvgIpc) is 2.45. The molecule has 0 fully saturated rings. The Balaban J connectivity index is 0.00000529. The van der Waals surface area contributed by atoms with Crippen molar-refractivity contribution in [1.82, 2.24) is 0 Å². The van der Waals surface area contributed by atoms with E-state index in [-0.39, 0.29) is 38.2 Å². The van der Waals surface area contributed by atoms with Gasteiger partial charge in [-0.15, -0.1) is 12.4 Å².